The summed E-state index contributed by atoms with van der Waals surface area (Å²) in [5, 5.41) is 2.83. The predicted molar refractivity (Wildman–Crippen MR) is 68.1 cm³/mol. The maximum Gasteiger partial charge on any atom is 0.253 e. The zero-order valence-electron chi connectivity index (χ0n) is 10.5. The molecule has 1 aromatic carbocycles. The average molecular weight is 262 g/mol. The number of nitrogens with one attached hydrogen (secondary N) is 1. The molecule has 1 aliphatic carbocycles. The fourth-order valence-corrected chi connectivity index (χ4v) is 3.00. The van der Waals surface area contributed by atoms with E-state index in [2.05, 4.69) is 5.32 Å². The normalized spacial score (nSPS) is 21.8. The van der Waals surface area contributed by atoms with Crippen LogP contribution in [0.4, 0.5) is 10.1 Å². The maximum atomic E-state index is 13.3. The van der Waals surface area contributed by atoms with Gasteiger partial charge in [-0.05, 0) is 31.0 Å². The number of anilines is 1. The number of amides is 2. The van der Waals surface area contributed by atoms with Crippen LogP contribution in [-0.4, -0.2) is 23.9 Å². The fraction of sp³-hybridized carbons (Fsp3) is 0.429. The first-order chi connectivity index (χ1) is 9.11. The Hall–Kier alpha value is -1.91. The van der Waals surface area contributed by atoms with Gasteiger partial charge in [0.25, 0.3) is 5.91 Å². The number of carbonyl (C=O) groups is 2. The molecule has 0 aromatic heterocycles. The van der Waals surface area contributed by atoms with Crippen molar-refractivity contribution in [3.63, 3.8) is 0 Å². The van der Waals surface area contributed by atoms with Gasteiger partial charge in [0.15, 0.2) is 0 Å². The maximum absolute atomic E-state index is 13.3. The largest absolute Gasteiger partial charge is 0.340 e. The van der Waals surface area contributed by atoms with Gasteiger partial charge >= 0.3 is 0 Å². The van der Waals surface area contributed by atoms with Crippen LogP contribution in [0.2, 0.25) is 0 Å². The zero-order chi connectivity index (χ0) is 13.5. The number of hydrogen-bond donors (Lipinski definition) is 1. The molecule has 1 aliphatic heterocycles. The van der Waals surface area contributed by atoms with Crippen LogP contribution in [0.1, 0.15) is 25.7 Å². The lowest BCUT2D eigenvalue weighted by Gasteiger charge is -2.39. The van der Waals surface area contributed by atoms with Crippen molar-refractivity contribution in [2.75, 3.05) is 11.4 Å². The second-order valence-electron chi connectivity index (χ2n) is 5.21. The van der Waals surface area contributed by atoms with Gasteiger partial charge in [-0.25, -0.2) is 4.39 Å². The van der Waals surface area contributed by atoms with E-state index in [9.17, 15) is 14.0 Å². The van der Waals surface area contributed by atoms with Crippen molar-refractivity contribution in [3.05, 3.63) is 30.1 Å². The minimum Gasteiger partial charge on any atom is -0.340 e. The summed E-state index contributed by atoms with van der Waals surface area (Å²) in [6.45, 7) is -0.0377. The van der Waals surface area contributed by atoms with Crippen molar-refractivity contribution in [3.8, 4) is 0 Å². The number of piperazine rings is 1. The van der Waals surface area contributed by atoms with Gasteiger partial charge in [-0.1, -0.05) is 18.9 Å². The molecule has 5 heteroatoms. The van der Waals surface area contributed by atoms with E-state index in [4.69, 9.17) is 0 Å². The SMILES string of the molecule is O=C1CN(c2cccc(F)c2)C(=O)C2(CCCC2)N1. The highest BCUT2D eigenvalue weighted by atomic mass is 19.1. The summed E-state index contributed by atoms with van der Waals surface area (Å²) in [5.41, 5.74) is -0.312. The lowest BCUT2D eigenvalue weighted by atomic mass is 9.92. The lowest BCUT2D eigenvalue weighted by Crippen LogP contribution is -2.65. The number of nitrogens with zero attached hydrogens (tertiary/aromatic N) is 1. The third kappa shape index (κ3) is 1.99. The van der Waals surface area contributed by atoms with Gasteiger partial charge in [0.1, 0.15) is 17.9 Å². The first-order valence-corrected chi connectivity index (χ1v) is 6.49. The third-order valence-electron chi connectivity index (χ3n) is 3.91. The molecular weight excluding hydrogens is 247 g/mol. The summed E-state index contributed by atoms with van der Waals surface area (Å²) in [7, 11) is 0. The second-order valence-corrected chi connectivity index (χ2v) is 5.21. The first kappa shape index (κ1) is 12.1. The summed E-state index contributed by atoms with van der Waals surface area (Å²) in [6.07, 6.45) is 3.21. The molecule has 19 heavy (non-hydrogen) atoms. The van der Waals surface area contributed by atoms with E-state index in [0.717, 1.165) is 12.8 Å². The molecular formula is C14H15FN2O2. The van der Waals surface area contributed by atoms with E-state index >= 15 is 0 Å². The Labute approximate surface area is 110 Å². The Morgan fingerprint density at radius 1 is 1.21 bits per heavy atom. The molecule has 0 atom stereocenters. The summed E-state index contributed by atoms with van der Waals surface area (Å²) in [5.74, 6) is -0.697. The van der Waals surface area contributed by atoms with Crippen LogP contribution in [0.3, 0.4) is 0 Å². The molecule has 2 aliphatic rings. The van der Waals surface area contributed by atoms with Crippen molar-refractivity contribution in [1.82, 2.24) is 5.32 Å². The Morgan fingerprint density at radius 2 is 1.95 bits per heavy atom. The molecule has 100 valence electrons. The minimum absolute atomic E-state index is 0.0377. The smallest absolute Gasteiger partial charge is 0.253 e. The van der Waals surface area contributed by atoms with Crippen LogP contribution in [0.15, 0.2) is 24.3 Å². The van der Waals surface area contributed by atoms with Crippen molar-refractivity contribution in [2.45, 2.75) is 31.2 Å². The van der Waals surface area contributed by atoms with Crippen LogP contribution in [0, 0.1) is 5.82 Å². The Kier molecular flexibility index (Phi) is 2.77. The van der Waals surface area contributed by atoms with Gasteiger partial charge in [0.2, 0.25) is 5.91 Å². The van der Waals surface area contributed by atoms with E-state index in [1.807, 2.05) is 0 Å². The number of carbonyl (C=O) groups excluding carboxylic acids is 2. The quantitative estimate of drug-likeness (QED) is 0.835. The van der Waals surface area contributed by atoms with Gasteiger partial charge in [-0.3, -0.25) is 9.59 Å². The van der Waals surface area contributed by atoms with Crippen molar-refractivity contribution in [1.29, 1.82) is 0 Å². The first-order valence-electron chi connectivity index (χ1n) is 6.49. The van der Waals surface area contributed by atoms with Gasteiger partial charge in [0, 0.05) is 5.69 Å². The molecule has 3 rings (SSSR count). The Morgan fingerprint density at radius 3 is 2.63 bits per heavy atom. The topological polar surface area (TPSA) is 49.4 Å². The molecule has 0 bridgehead atoms. The van der Waals surface area contributed by atoms with Gasteiger partial charge < -0.3 is 10.2 Å². The number of hydrogen-bond acceptors (Lipinski definition) is 2. The highest BCUT2D eigenvalue weighted by Crippen LogP contribution is 2.34. The molecule has 1 heterocycles. The monoisotopic (exact) mass is 262 g/mol. The zero-order valence-corrected chi connectivity index (χ0v) is 10.5. The summed E-state index contributed by atoms with van der Waals surface area (Å²) in [4.78, 5) is 25.8. The summed E-state index contributed by atoms with van der Waals surface area (Å²) < 4.78 is 13.3. The van der Waals surface area contributed by atoms with E-state index in [0.29, 0.717) is 18.5 Å². The number of rotatable bonds is 1. The summed E-state index contributed by atoms with van der Waals surface area (Å²) >= 11 is 0. The lowest BCUT2D eigenvalue weighted by molar-refractivity contribution is -0.135. The fourth-order valence-electron chi connectivity index (χ4n) is 3.00. The Bertz CT molecular complexity index is 538. The summed E-state index contributed by atoms with van der Waals surface area (Å²) in [6, 6.07) is 5.82. The van der Waals surface area contributed by atoms with Gasteiger partial charge in [0.05, 0.1) is 0 Å². The van der Waals surface area contributed by atoms with Crippen molar-refractivity contribution in [2.24, 2.45) is 0 Å². The molecule has 0 unspecified atom stereocenters. The molecule has 1 N–H and O–H groups in total. The third-order valence-corrected chi connectivity index (χ3v) is 3.91. The molecule has 1 spiro atoms. The van der Waals surface area contributed by atoms with Crippen LogP contribution in [-0.2, 0) is 9.59 Å². The van der Waals surface area contributed by atoms with Crippen LogP contribution in [0.5, 0.6) is 0 Å². The van der Waals surface area contributed by atoms with Crippen molar-refractivity contribution < 1.29 is 14.0 Å². The van der Waals surface area contributed by atoms with Crippen LogP contribution >= 0.6 is 0 Å². The molecule has 0 radical (unpaired) electrons. The van der Waals surface area contributed by atoms with Crippen molar-refractivity contribution >= 4 is 17.5 Å². The molecule has 2 fully saturated rings. The van der Waals surface area contributed by atoms with Gasteiger partial charge in [-0.15, -0.1) is 0 Å². The average Bonchev–Trinajstić information content (AvgIpc) is 2.83. The predicted octanol–water partition coefficient (Wildman–Crippen LogP) is 1.60. The van der Waals surface area contributed by atoms with Crippen LogP contribution < -0.4 is 10.2 Å². The van der Waals surface area contributed by atoms with Gasteiger partial charge in [-0.2, -0.15) is 0 Å². The number of halogens is 1. The van der Waals surface area contributed by atoms with Crippen LogP contribution in [0.25, 0.3) is 0 Å². The second kappa shape index (κ2) is 4.33. The molecule has 4 nitrogen and oxygen atoms in total. The standard InChI is InChI=1S/C14H15FN2O2/c15-10-4-3-5-11(8-10)17-9-12(18)16-14(13(17)19)6-1-2-7-14/h3-5,8H,1-2,6-7,9H2,(H,16,18). The van der Waals surface area contributed by atoms with E-state index in [1.165, 1.54) is 17.0 Å². The molecule has 1 saturated heterocycles. The molecule has 1 saturated carbocycles. The minimum atomic E-state index is -0.762. The van der Waals surface area contributed by atoms with E-state index < -0.39 is 11.4 Å². The molecule has 1 aromatic rings. The van der Waals surface area contributed by atoms with E-state index in [1.54, 1.807) is 12.1 Å². The van der Waals surface area contributed by atoms with E-state index in [-0.39, 0.29) is 18.4 Å². The highest BCUT2D eigenvalue weighted by Gasteiger charge is 2.48. The Balaban J connectivity index is 1.97. The highest BCUT2D eigenvalue weighted by molar-refractivity contribution is 6.09. The molecule has 2 amide bonds. The number of benzene rings is 1.